The average molecular weight is 260 g/mol. The van der Waals surface area contributed by atoms with Crippen molar-refractivity contribution >= 4 is 35.7 Å². The van der Waals surface area contributed by atoms with Crippen molar-refractivity contribution in [3.63, 3.8) is 0 Å². The number of hydrogen-bond donors (Lipinski definition) is 2. The maximum atomic E-state index is 9.60. The fourth-order valence-electron chi connectivity index (χ4n) is 1.68. The Morgan fingerprint density at radius 3 is 2.88 bits per heavy atom. The molecule has 1 aromatic heterocycles. The summed E-state index contributed by atoms with van der Waals surface area (Å²) in [5, 5.41) is 11.6. The number of nitrogens with zero attached hydrogens (tertiary/aromatic N) is 1. The Kier molecular flexibility index (Phi) is 2.42. The van der Waals surface area contributed by atoms with E-state index in [-0.39, 0.29) is 5.88 Å². The first-order valence-corrected chi connectivity index (χ1v) is 6.24. The Balaban J connectivity index is 2.12. The van der Waals surface area contributed by atoms with Crippen LogP contribution in [0, 0.1) is 3.95 Å². The van der Waals surface area contributed by atoms with Gasteiger partial charge in [0.1, 0.15) is 0 Å². The summed E-state index contributed by atoms with van der Waals surface area (Å²) in [6.07, 6.45) is 3.81. The Bertz CT molecular complexity index is 746. The van der Waals surface area contributed by atoms with E-state index in [2.05, 4.69) is 9.98 Å². The van der Waals surface area contributed by atoms with Crippen molar-refractivity contribution in [3.05, 3.63) is 49.4 Å². The first-order valence-electron chi connectivity index (χ1n) is 5.02. The summed E-state index contributed by atoms with van der Waals surface area (Å²) in [5.41, 5.74) is 0.826. The van der Waals surface area contributed by atoms with Gasteiger partial charge in [-0.05, 0) is 30.4 Å². The number of fused-ring (bicyclic) bond motifs is 1. The van der Waals surface area contributed by atoms with Gasteiger partial charge in [-0.2, -0.15) is 0 Å². The molecule has 3 rings (SSSR count). The minimum Gasteiger partial charge on any atom is -0.494 e. The summed E-state index contributed by atoms with van der Waals surface area (Å²) in [5.74, 6) is 0.104. The molecule has 1 aromatic carbocycles. The molecule has 0 bridgehead atoms. The van der Waals surface area contributed by atoms with E-state index in [1.807, 2.05) is 36.4 Å². The van der Waals surface area contributed by atoms with Crippen LogP contribution in [0.5, 0.6) is 5.88 Å². The highest BCUT2D eigenvalue weighted by molar-refractivity contribution is 7.73. The third-order valence-corrected chi connectivity index (χ3v) is 3.60. The second-order valence-electron chi connectivity index (χ2n) is 3.61. The smallest absolute Gasteiger partial charge is 0.207 e. The predicted octanol–water partition coefficient (Wildman–Crippen LogP) is 1.97. The first-order chi connectivity index (χ1) is 8.22. The third kappa shape index (κ3) is 1.94. The molecule has 17 heavy (non-hydrogen) atoms. The molecule has 2 aromatic rings. The highest BCUT2D eigenvalue weighted by atomic mass is 32.1. The quantitative estimate of drug-likeness (QED) is 0.770. The summed E-state index contributed by atoms with van der Waals surface area (Å²) < 4.78 is 0.560. The molecule has 2 N–H and O–H groups in total. The van der Waals surface area contributed by atoms with Gasteiger partial charge in [-0.15, -0.1) is 11.3 Å². The Morgan fingerprint density at radius 1 is 1.35 bits per heavy atom. The van der Waals surface area contributed by atoms with Crippen molar-refractivity contribution in [2.45, 2.75) is 0 Å². The van der Waals surface area contributed by atoms with Gasteiger partial charge in [-0.3, -0.25) is 0 Å². The van der Waals surface area contributed by atoms with Crippen LogP contribution in [0.2, 0.25) is 0 Å². The molecule has 0 aliphatic carbocycles. The highest BCUT2D eigenvalue weighted by Gasteiger charge is 2.05. The van der Waals surface area contributed by atoms with Crippen LogP contribution in [0.4, 0.5) is 0 Å². The van der Waals surface area contributed by atoms with Crippen molar-refractivity contribution in [1.82, 2.24) is 4.98 Å². The number of benzene rings is 1. The van der Waals surface area contributed by atoms with E-state index in [4.69, 9.17) is 12.2 Å². The third-order valence-electron chi connectivity index (χ3n) is 2.43. The fraction of sp³-hybridized carbons (Fsp3) is 0. The summed E-state index contributed by atoms with van der Waals surface area (Å²) >= 11 is 6.30. The second kappa shape index (κ2) is 3.94. The highest BCUT2D eigenvalue weighted by Crippen LogP contribution is 2.24. The topological polar surface area (TPSA) is 48.4 Å². The van der Waals surface area contributed by atoms with Gasteiger partial charge < -0.3 is 10.1 Å². The molecular formula is C12H8N2OS2. The van der Waals surface area contributed by atoms with Gasteiger partial charge in [0.05, 0.1) is 15.9 Å². The van der Waals surface area contributed by atoms with Gasteiger partial charge in [0.25, 0.3) is 0 Å². The molecule has 0 amide bonds. The van der Waals surface area contributed by atoms with Crippen LogP contribution in [-0.2, 0) is 0 Å². The van der Waals surface area contributed by atoms with Crippen LogP contribution < -0.4 is 10.6 Å². The molecule has 1 aliphatic rings. The Hall–Kier alpha value is -1.72. The average Bonchev–Trinajstić information content (AvgIpc) is 2.82. The Morgan fingerprint density at radius 2 is 2.18 bits per heavy atom. The lowest BCUT2D eigenvalue weighted by atomic mass is 10.3. The van der Waals surface area contributed by atoms with Crippen molar-refractivity contribution < 1.29 is 5.11 Å². The lowest BCUT2D eigenvalue weighted by molar-refractivity contribution is 0.456. The number of nitrogens with one attached hydrogen (secondary N) is 1. The standard InChI is InChI=1S/C12H8N2OS2/c15-11-10(17-12(16)14-11)6-8-5-7-3-1-2-4-9(7)13-8/h1-6,15H,(H,14,16)/b8-6-. The number of hydrogen-bond acceptors (Lipinski definition) is 4. The van der Waals surface area contributed by atoms with Crippen LogP contribution in [0.1, 0.15) is 4.88 Å². The van der Waals surface area contributed by atoms with Crippen LogP contribution in [0.15, 0.2) is 35.0 Å². The largest absolute Gasteiger partial charge is 0.494 e. The monoisotopic (exact) mass is 260 g/mol. The summed E-state index contributed by atoms with van der Waals surface area (Å²) in [4.78, 5) is 7.85. The van der Waals surface area contributed by atoms with Gasteiger partial charge in [0.15, 0.2) is 3.95 Å². The van der Waals surface area contributed by atoms with E-state index in [9.17, 15) is 5.11 Å². The molecule has 2 heterocycles. The summed E-state index contributed by atoms with van der Waals surface area (Å²) in [6, 6.07) is 7.91. The van der Waals surface area contributed by atoms with Gasteiger partial charge in [0.2, 0.25) is 5.88 Å². The summed E-state index contributed by atoms with van der Waals surface area (Å²) in [7, 11) is 0. The maximum absolute atomic E-state index is 9.60. The van der Waals surface area contributed by atoms with Crippen molar-refractivity contribution in [2.24, 2.45) is 4.99 Å². The molecule has 0 radical (unpaired) electrons. The lowest BCUT2D eigenvalue weighted by Gasteiger charge is -1.89. The molecule has 0 atom stereocenters. The molecular weight excluding hydrogens is 252 g/mol. The number of allylic oxidation sites excluding steroid dienone is 1. The fourth-order valence-corrected chi connectivity index (χ4v) is 2.72. The minimum atomic E-state index is 0.104. The van der Waals surface area contributed by atoms with Crippen molar-refractivity contribution in [2.75, 3.05) is 0 Å². The normalized spacial score (nSPS) is 15.4. The van der Waals surface area contributed by atoms with Crippen molar-refractivity contribution in [1.29, 1.82) is 0 Å². The molecule has 84 valence electrons. The molecule has 1 aliphatic heterocycles. The van der Waals surface area contributed by atoms with Gasteiger partial charge in [-0.1, -0.05) is 18.2 Å². The molecule has 0 unspecified atom stereocenters. The minimum absolute atomic E-state index is 0.104. The number of H-pyrrole nitrogens is 1. The summed E-state index contributed by atoms with van der Waals surface area (Å²) in [6.45, 7) is 0. The van der Waals surface area contributed by atoms with Crippen LogP contribution in [-0.4, -0.2) is 10.1 Å². The molecule has 3 nitrogen and oxygen atoms in total. The number of aromatic hydroxyl groups is 1. The van der Waals surface area contributed by atoms with E-state index in [0.29, 0.717) is 8.83 Å². The van der Waals surface area contributed by atoms with Crippen LogP contribution >= 0.6 is 23.6 Å². The van der Waals surface area contributed by atoms with E-state index in [0.717, 1.165) is 16.3 Å². The second-order valence-corrected chi connectivity index (χ2v) is 5.33. The van der Waals surface area contributed by atoms with E-state index >= 15 is 0 Å². The maximum Gasteiger partial charge on any atom is 0.207 e. The molecule has 0 saturated carbocycles. The number of para-hydroxylation sites is 1. The molecule has 0 spiro atoms. The van der Waals surface area contributed by atoms with Crippen LogP contribution in [0.3, 0.4) is 0 Å². The lowest BCUT2D eigenvalue weighted by Crippen LogP contribution is -2.19. The van der Waals surface area contributed by atoms with E-state index in [1.54, 1.807) is 0 Å². The number of rotatable bonds is 1. The predicted molar refractivity (Wildman–Crippen MR) is 70.8 cm³/mol. The van der Waals surface area contributed by atoms with Crippen LogP contribution in [0.25, 0.3) is 12.2 Å². The molecule has 5 heteroatoms. The molecule has 0 saturated heterocycles. The van der Waals surface area contributed by atoms with E-state index in [1.165, 1.54) is 11.3 Å². The van der Waals surface area contributed by atoms with Gasteiger partial charge >= 0.3 is 0 Å². The number of aromatic nitrogens is 1. The zero-order valence-corrected chi connectivity index (χ0v) is 10.3. The SMILES string of the molecule is Oc1[nH]c(=S)sc1/C=C1/C=c2ccccc2=N1. The Labute approximate surface area is 106 Å². The number of aromatic amines is 1. The van der Waals surface area contributed by atoms with Crippen molar-refractivity contribution in [3.8, 4) is 5.88 Å². The van der Waals surface area contributed by atoms with Gasteiger partial charge in [0, 0.05) is 5.22 Å². The van der Waals surface area contributed by atoms with E-state index < -0.39 is 0 Å². The molecule has 0 fully saturated rings. The zero-order valence-electron chi connectivity index (χ0n) is 8.68. The zero-order chi connectivity index (χ0) is 11.8. The number of thiazole rings is 1. The first kappa shape index (κ1) is 10.4. The van der Waals surface area contributed by atoms with Gasteiger partial charge in [-0.25, -0.2) is 4.99 Å².